The normalized spacial score (nSPS) is 20.1. The minimum atomic E-state index is -1.15. The van der Waals surface area contributed by atoms with Gasteiger partial charge in [0.2, 0.25) is 0 Å². The van der Waals surface area contributed by atoms with Crippen molar-refractivity contribution in [3.63, 3.8) is 0 Å². The third-order valence-electron chi connectivity index (χ3n) is 6.48. The molecular weight excluding hydrogens is 484 g/mol. The highest BCUT2D eigenvalue weighted by Gasteiger charge is 2.41. The molecule has 0 aliphatic carbocycles. The van der Waals surface area contributed by atoms with Crippen LogP contribution < -0.4 is 0 Å². The van der Waals surface area contributed by atoms with Crippen LogP contribution in [0.1, 0.15) is 103 Å². The van der Waals surface area contributed by atoms with Gasteiger partial charge in [-0.25, -0.2) is 0 Å². The van der Waals surface area contributed by atoms with Gasteiger partial charge in [0, 0.05) is 13.0 Å². The molecule has 0 bridgehead atoms. The van der Waals surface area contributed by atoms with Gasteiger partial charge in [-0.3, -0.25) is 4.79 Å². The van der Waals surface area contributed by atoms with Crippen LogP contribution in [0.4, 0.5) is 0 Å². The number of carbonyl (C=O) groups excluding carboxylic acids is 1. The van der Waals surface area contributed by atoms with Crippen LogP contribution in [0.15, 0.2) is 0 Å². The Morgan fingerprint density at radius 3 is 1.46 bits per heavy atom. The summed E-state index contributed by atoms with van der Waals surface area (Å²) >= 11 is 0. The number of esters is 1. The molecule has 1 aliphatic rings. The highest BCUT2D eigenvalue weighted by Crippen LogP contribution is 2.20. The Morgan fingerprint density at radius 1 is 0.703 bits per heavy atom. The Morgan fingerprint density at radius 2 is 1.14 bits per heavy atom. The minimum Gasteiger partial charge on any atom is -0.457 e. The lowest BCUT2D eigenvalue weighted by molar-refractivity contribution is -0.162. The zero-order valence-corrected chi connectivity index (χ0v) is 22.6. The number of aliphatic hydroxyl groups is 7. The van der Waals surface area contributed by atoms with E-state index in [4.69, 9.17) is 29.9 Å². The zero-order chi connectivity index (χ0) is 27.7. The largest absolute Gasteiger partial charge is 0.457 e. The van der Waals surface area contributed by atoms with Crippen molar-refractivity contribution in [1.82, 2.24) is 0 Å². The number of aliphatic hydroxyl groups excluding tert-OH is 7. The first-order chi connectivity index (χ1) is 17.9. The SMILES string of the molecule is O=C(CCCCCCCCCCCCCCCCCO)O[C@H](CO)[C@H]1OC[C@H](O)[C@H]1O.OCC(O)CO. The molecule has 0 aromatic rings. The van der Waals surface area contributed by atoms with Crippen LogP contribution in [0.2, 0.25) is 0 Å². The average molecular weight is 539 g/mol. The predicted molar refractivity (Wildman–Crippen MR) is 140 cm³/mol. The molecule has 10 nitrogen and oxygen atoms in total. The van der Waals surface area contributed by atoms with Gasteiger partial charge in [0.15, 0.2) is 6.10 Å². The van der Waals surface area contributed by atoms with Crippen molar-refractivity contribution in [3.8, 4) is 0 Å². The first-order valence-corrected chi connectivity index (χ1v) is 14.2. The number of hydrogen-bond donors (Lipinski definition) is 7. The van der Waals surface area contributed by atoms with Crippen LogP contribution in [0, 0.1) is 0 Å². The van der Waals surface area contributed by atoms with Gasteiger partial charge in [-0.1, -0.05) is 83.5 Å². The number of rotatable bonds is 22. The number of ether oxygens (including phenoxy) is 2. The molecule has 0 saturated carbocycles. The second kappa shape index (κ2) is 25.4. The van der Waals surface area contributed by atoms with E-state index in [0.717, 1.165) is 32.1 Å². The lowest BCUT2D eigenvalue weighted by atomic mass is 10.0. The first kappa shape index (κ1) is 36.1. The van der Waals surface area contributed by atoms with Gasteiger partial charge in [0.05, 0.1) is 26.4 Å². The smallest absolute Gasteiger partial charge is 0.306 e. The molecule has 0 unspecified atom stereocenters. The molecule has 0 amide bonds. The Hall–Kier alpha value is -0.850. The second-order valence-corrected chi connectivity index (χ2v) is 9.86. The summed E-state index contributed by atoms with van der Waals surface area (Å²) in [5.41, 5.74) is 0. The lowest BCUT2D eigenvalue weighted by Gasteiger charge is -2.24. The lowest BCUT2D eigenvalue weighted by Crippen LogP contribution is -2.43. The van der Waals surface area contributed by atoms with Crippen LogP contribution in [0.5, 0.6) is 0 Å². The molecule has 1 rings (SSSR count). The molecule has 7 N–H and O–H groups in total. The van der Waals surface area contributed by atoms with Crippen LogP contribution in [-0.2, 0) is 14.3 Å². The van der Waals surface area contributed by atoms with E-state index in [2.05, 4.69) is 0 Å². The molecule has 222 valence electrons. The number of carbonyl (C=O) groups is 1. The van der Waals surface area contributed by atoms with Gasteiger partial charge in [-0.15, -0.1) is 0 Å². The summed E-state index contributed by atoms with van der Waals surface area (Å²) in [7, 11) is 0. The summed E-state index contributed by atoms with van der Waals surface area (Å²) in [6.07, 6.45) is 13.2. The van der Waals surface area contributed by atoms with Gasteiger partial charge >= 0.3 is 5.97 Å². The van der Waals surface area contributed by atoms with Gasteiger partial charge < -0.3 is 45.2 Å². The Labute approximate surface area is 222 Å². The third kappa shape index (κ3) is 19.8. The van der Waals surface area contributed by atoms with Gasteiger partial charge in [0.25, 0.3) is 0 Å². The van der Waals surface area contributed by atoms with E-state index in [9.17, 15) is 20.1 Å². The van der Waals surface area contributed by atoms with Crippen LogP contribution in [0.3, 0.4) is 0 Å². The van der Waals surface area contributed by atoms with Crippen molar-refractivity contribution in [2.75, 3.05) is 33.0 Å². The van der Waals surface area contributed by atoms with Gasteiger partial charge in [-0.05, 0) is 12.8 Å². The summed E-state index contributed by atoms with van der Waals surface area (Å²) in [5.74, 6) is -0.398. The highest BCUT2D eigenvalue weighted by atomic mass is 16.6. The molecule has 10 heteroatoms. The maximum atomic E-state index is 12.0. The number of hydrogen-bond acceptors (Lipinski definition) is 10. The van der Waals surface area contributed by atoms with Gasteiger partial charge in [-0.2, -0.15) is 0 Å². The first-order valence-electron chi connectivity index (χ1n) is 14.2. The molecule has 0 radical (unpaired) electrons. The molecule has 1 heterocycles. The molecule has 0 spiro atoms. The molecule has 4 atom stereocenters. The third-order valence-corrected chi connectivity index (χ3v) is 6.48. The zero-order valence-electron chi connectivity index (χ0n) is 22.6. The van der Waals surface area contributed by atoms with E-state index in [0.29, 0.717) is 13.0 Å². The van der Waals surface area contributed by atoms with E-state index in [1.807, 2.05) is 0 Å². The second-order valence-electron chi connectivity index (χ2n) is 9.86. The van der Waals surface area contributed by atoms with Crippen molar-refractivity contribution >= 4 is 5.97 Å². The molecule has 0 aromatic carbocycles. The quantitative estimate of drug-likeness (QED) is 0.0791. The fourth-order valence-electron chi connectivity index (χ4n) is 4.13. The summed E-state index contributed by atoms with van der Waals surface area (Å²) in [6, 6.07) is 0. The standard InChI is InChI=1S/C24H46O7.C3H8O3/c25-17-15-13-11-9-7-5-3-1-2-4-6-8-10-12-14-16-22(28)31-21(18-26)24-23(29)20(27)19-30-24;4-1-3(6)2-5/h20-21,23-27,29H,1-19H2;3-6H,1-2H2/t20-,21+,23+,24+;/m0./s1. The Balaban J connectivity index is 0.00000192. The summed E-state index contributed by atoms with van der Waals surface area (Å²) < 4.78 is 10.5. The van der Waals surface area contributed by atoms with E-state index in [-0.39, 0.29) is 19.8 Å². The highest BCUT2D eigenvalue weighted by molar-refractivity contribution is 5.69. The summed E-state index contributed by atoms with van der Waals surface area (Å²) in [6.45, 7) is -0.865. The topological polar surface area (TPSA) is 177 Å². The van der Waals surface area contributed by atoms with E-state index in [1.54, 1.807) is 0 Å². The average Bonchev–Trinajstić information content (AvgIpc) is 3.24. The Kier molecular flexibility index (Phi) is 24.8. The predicted octanol–water partition coefficient (Wildman–Crippen LogP) is 1.58. The molecular formula is C27H54O10. The van der Waals surface area contributed by atoms with Crippen LogP contribution >= 0.6 is 0 Å². The van der Waals surface area contributed by atoms with Crippen molar-refractivity contribution in [2.45, 2.75) is 133 Å². The maximum Gasteiger partial charge on any atom is 0.306 e. The number of unbranched alkanes of at least 4 members (excludes halogenated alkanes) is 14. The molecule has 1 fully saturated rings. The summed E-state index contributed by atoms with van der Waals surface area (Å²) in [4.78, 5) is 12.0. The molecule has 37 heavy (non-hydrogen) atoms. The van der Waals surface area contributed by atoms with E-state index >= 15 is 0 Å². The summed E-state index contributed by atoms with van der Waals surface area (Å²) in [5, 5.41) is 61.5. The monoisotopic (exact) mass is 538 g/mol. The van der Waals surface area contributed by atoms with Crippen molar-refractivity contribution in [1.29, 1.82) is 0 Å². The van der Waals surface area contributed by atoms with E-state index in [1.165, 1.54) is 64.2 Å². The minimum absolute atomic E-state index is 0.0218. The van der Waals surface area contributed by atoms with Crippen molar-refractivity contribution in [3.05, 3.63) is 0 Å². The van der Waals surface area contributed by atoms with Crippen molar-refractivity contribution in [2.24, 2.45) is 0 Å². The maximum absolute atomic E-state index is 12.0. The fourth-order valence-corrected chi connectivity index (χ4v) is 4.13. The van der Waals surface area contributed by atoms with Crippen LogP contribution in [-0.4, -0.2) is 105 Å². The molecule has 1 saturated heterocycles. The molecule has 0 aromatic heterocycles. The van der Waals surface area contributed by atoms with E-state index < -0.39 is 43.1 Å². The van der Waals surface area contributed by atoms with Gasteiger partial charge in [0.1, 0.15) is 24.4 Å². The molecule has 1 aliphatic heterocycles. The van der Waals surface area contributed by atoms with Crippen molar-refractivity contribution < 1.29 is 50.0 Å². The van der Waals surface area contributed by atoms with Crippen LogP contribution in [0.25, 0.3) is 0 Å². The Bertz CT molecular complexity index is 504. The fraction of sp³-hybridized carbons (Fsp3) is 0.963.